The van der Waals surface area contributed by atoms with Crippen LogP contribution < -0.4 is 0 Å². The molecule has 0 saturated carbocycles. The fourth-order valence-electron chi connectivity index (χ4n) is 4.83. The Morgan fingerprint density at radius 3 is 2.57 bits per heavy atom. The Morgan fingerprint density at radius 1 is 1.17 bits per heavy atom. The molecule has 2 heterocycles. The van der Waals surface area contributed by atoms with Crippen molar-refractivity contribution in [3.63, 3.8) is 0 Å². The third-order valence-electron chi connectivity index (χ3n) is 6.96. The van der Waals surface area contributed by atoms with Crippen molar-refractivity contribution in [3.8, 4) is 17.3 Å². The molecule has 4 rings (SSSR count). The van der Waals surface area contributed by atoms with Crippen molar-refractivity contribution < 1.29 is 9.45 Å². The molecular formula is C27H31N5O3. The summed E-state index contributed by atoms with van der Waals surface area (Å²) in [5, 5.41) is 25.3. The maximum atomic E-state index is 11.3. The molecule has 0 amide bonds. The summed E-state index contributed by atoms with van der Waals surface area (Å²) in [5.74, 6) is 0.694. The quantitative estimate of drug-likeness (QED) is 0.301. The first-order chi connectivity index (χ1) is 17.0. The number of hydrogen-bond acceptors (Lipinski definition) is 7. The van der Waals surface area contributed by atoms with E-state index in [2.05, 4.69) is 40.1 Å². The Labute approximate surface area is 205 Å². The van der Waals surface area contributed by atoms with Crippen molar-refractivity contribution in [1.82, 2.24) is 15.0 Å². The van der Waals surface area contributed by atoms with Gasteiger partial charge in [0.1, 0.15) is 5.69 Å². The molecule has 0 unspecified atom stereocenters. The topological polar surface area (TPSA) is 99.4 Å². The number of piperidine rings is 1. The number of aromatic nitrogens is 1. The van der Waals surface area contributed by atoms with E-state index in [9.17, 15) is 15.4 Å². The molecule has 1 aliphatic heterocycles. The molecule has 1 aromatic heterocycles. The largest absolute Gasteiger partial charge is 0.359 e. The van der Waals surface area contributed by atoms with Crippen LogP contribution in [0.5, 0.6) is 0 Å². The molecule has 0 atom stereocenters. The Balaban J connectivity index is 1.27. The van der Waals surface area contributed by atoms with Crippen LogP contribution in [0.2, 0.25) is 0 Å². The average Bonchev–Trinajstić information content (AvgIpc) is 3.37. The van der Waals surface area contributed by atoms with Crippen LogP contribution in [0.1, 0.15) is 37.5 Å². The lowest BCUT2D eigenvalue weighted by molar-refractivity contribution is -0.384. The summed E-state index contributed by atoms with van der Waals surface area (Å²) >= 11 is 0. The molecule has 8 nitrogen and oxygen atoms in total. The highest BCUT2D eigenvalue weighted by atomic mass is 16.6. The van der Waals surface area contributed by atoms with Gasteiger partial charge in [-0.25, -0.2) is 0 Å². The minimum atomic E-state index is -0.400. The van der Waals surface area contributed by atoms with Crippen molar-refractivity contribution in [1.29, 1.82) is 5.26 Å². The van der Waals surface area contributed by atoms with Gasteiger partial charge in [-0.3, -0.25) is 15.0 Å². The zero-order chi connectivity index (χ0) is 24.7. The zero-order valence-electron chi connectivity index (χ0n) is 20.1. The molecule has 0 aliphatic carbocycles. The fourth-order valence-corrected chi connectivity index (χ4v) is 4.83. The third-order valence-corrected chi connectivity index (χ3v) is 6.96. The number of rotatable bonds is 10. The maximum Gasteiger partial charge on any atom is 0.278 e. The molecular weight excluding hydrogens is 442 g/mol. The molecule has 3 aromatic rings. The monoisotopic (exact) mass is 473 g/mol. The molecule has 1 fully saturated rings. The zero-order valence-corrected chi connectivity index (χ0v) is 20.1. The highest BCUT2D eigenvalue weighted by Gasteiger charge is 2.36. The molecule has 182 valence electrons. The number of para-hydroxylation sites is 1. The second-order valence-electron chi connectivity index (χ2n) is 9.08. The highest BCUT2D eigenvalue weighted by molar-refractivity contribution is 5.70. The smallest absolute Gasteiger partial charge is 0.278 e. The number of nitrogens with zero attached hydrogens (tertiary/aromatic N) is 5. The van der Waals surface area contributed by atoms with Gasteiger partial charge in [-0.2, -0.15) is 5.26 Å². The van der Waals surface area contributed by atoms with Gasteiger partial charge in [0.25, 0.3) is 5.69 Å². The van der Waals surface area contributed by atoms with Crippen LogP contribution in [0.4, 0.5) is 5.69 Å². The second-order valence-corrected chi connectivity index (χ2v) is 9.08. The molecule has 1 aliphatic rings. The summed E-state index contributed by atoms with van der Waals surface area (Å²) in [6, 6.07) is 21.1. The van der Waals surface area contributed by atoms with Crippen LogP contribution in [0, 0.1) is 21.4 Å². The first-order valence-corrected chi connectivity index (χ1v) is 12.2. The van der Waals surface area contributed by atoms with Gasteiger partial charge in [0, 0.05) is 12.1 Å². The first kappa shape index (κ1) is 24.6. The van der Waals surface area contributed by atoms with Crippen molar-refractivity contribution in [2.24, 2.45) is 0 Å². The number of nitro groups is 1. The lowest BCUT2D eigenvalue weighted by Crippen LogP contribution is -2.42. The number of hydrogen-bond donors (Lipinski definition) is 0. The van der Waals surface area contributed by atoms with E-state index < -0.39 is 4.92 Å². The molecule has 0 N–H and O–H groups in total. The number of nitro benzene ring substituents is 1. The van der Waals surface area contributed by atoms with Crippen LogP contribution in [-0.4, -0.2) is 52.6 Å². The SMILES string of the molecule is CCN(CCCN1CCC(C#N)(c2ccccc2)CC1)Cc1cc(-c2ccccc2[N+](=O)[O-])no1. The van der Waals surface area contributed by atoms with Crippen LogP contribution in [0.25, 0.3) is 11.3 Å². The van der Waals surface area contributed by atoms with E-state index in [0.29, 0.717) is 23.6 Å². The van der Waals surface area contributed by atoms with Crippen LogP contribution in [0.15, 0.2) is 65.2 Å². The molecule has 2 aromatic carbocycles. The predicted octanol–water partition coefficient (Wildman–Crippen LogP) is 5.02. The molecule has 0 bridgehead atoms. The normalized spacial score (nSPS) is 15.7. The van der Waals surface area contributed by atoms with Crippen molar-refractivity contribution in [2.45, 2.75) is 38.1 Å². The van der Waals surface area contributed by atoms with Gasteiger partial charge >= 0.3 is 0 Å². The van der Waals surface area contributed by atoms with E-state index in [1.54, 1.807) is 24.3 Å². The van der Waals surface area contributed by atoms with Gasteiger partial charge in [-0.05, 0) is 63.6 Å². The predicted molar refractivity (Wildman–Crippen MR) is 134 cm³/mol. The maximum absolute atomic E-state index is 11.3. The van der Waals surface area contributed by atoms with Crippen LogP contribution >= 0.6 is 0 Å². The van der Waals surface area contributed by atoms with Crippen molar-refractivity contribution >= 4 is 5.69 Å². The summed E-state index contributed by atoms with van der Waals surface area (Å²) in [4.78, 5) is 15.7. The first-order valence-electron chi connectivity index (χ1n) is 12.2. The van der Waals surface area contributed by atoms with E-state index >= 15 is 0 Å². The third kappa shape index (κ3) is 5.76. The van der Waals surface area contributed by atoms with Crippen LogP contribution in [0.3, 0.4) is 0 Å². The van der Waals surface area contributed by atoms with E-state index in [-0.39, 0.29) is 11.1 Å². The number of nitriles is 1. The summed E-state index contributed by atoms with van der Waals surface area (Å²) in [7, 11) is 0. The van der Waals surface area contributed by atoms with Crippen LogP contribution in [-0.2, 0) is 12.0 Å². The lowest BCUT2D eigenvalue weighted by Gasteiger charge is -2.37. The fraction of sp³-hybridized carbons (Fsp3) is 0.407. The van der Waals surface area contributed by atoms with Gasteiger partial charge in [-0.1, -0.05) is 54.5 Å². The number of benzene rings is 2. The van der Waals surface area contributed by atoms with Gasteiger partial charge in [0.05, 0.1) is 28.5 Å². The Hall–Kier alpha value is -3.54. The van der Waals surface area contributed by atoms with Gasteiger partial charge in [0.2, 0.25) is 0 Å². The summed E-state index contributed by atoms with van der Waals surface area (Å²) in [5.41, 5.74) is 1.73. The van der Waals surface area contributed by atoms with E-state index in [1.165, 1.54) is 6.07 Å². The minimum absolute atomic E-state index is 0.0221. The van der Waals surface area contributed by atoms with Gasteiger partial charge in [-0.15, -0.1) is 0 Å². The van der Waals surface area contributed by atoms with Crippen molar-refractivity contribution in [3.05, 3.63) is 82.1 Å². The van der Waals surface area contributed by atoms with E-state index in [4.69, 9.17) is 4.52 Å². The number of likely N-dealkylation sites (tertiary alicyclic amines) is 1. The summed E-state index contributed by atoms with van der Waals surface area (Å²) in [6.45, 7) is 7.34. The minimum Gasteiger partial charge on any atom is -0.359 e. The van der Waals surface area contributed by atoms with Gasteiger partial charge < -0.3 is 9.42 Å². The standard InChI is InChI=1S/C27H31N5O3/c1-2-30(20-23-19-25(29-35-23)24-11-6-7-12-26(24)32(33)34)15-8-16-31-17-13-27(21-28,14-18-31)22-9-4-3-5-10-22/h3-7,9-12,19H,2,8,13-18,20H2,1H3. The van der Waals surface area contributed by atoms with Crippen molar-refractivity contribution in [2.75, 3.05) is 32.7 Å². The molecule has 1 saturated heterocycles. The summed E-state index contributed by atoms with van der Waals surface area (Å²) in [6.07, 6.45) is 2.73. The molecule has 8 heteroatoms. The average molecular weight is 474 g/mol. The summed E-state index contributed by atoms with van der Waals surface area (Å²) < 4.78 is 5.50. The molecule has 0 radical (unpaired) electrons. The van der Waals surface area contributed by atoms with Gasteiger partial charge in [0.15, 0.2) is 5.76 Å². The highest BCUT2D eigenvalue weighted by Crippen LogP contribution is 2.35. The Morgan fingerprint density at radius 2 is 1.89 bits per heavy atom. The van der Waals surface area contributed by atoms with E-state index in [1.807, 2.05) is 18.2 Å². The Kier molecular flexibility index (Phi) is 7.91. The molecule has 35 heavy (non-hydrogen) atoms. The second kappa shape index (κ2) is 11.3. The van der Waals surface area contributed by atoms with E-state index in [0.717, 1.165) is 57.5 Å². The Bertz CT molecular complexity index is 1160. The molecule has 0 spiro atoms. The lowest BCUT2D eigenvalue weighted by atomic mass is 9.74.